The fraction of sp³-hybridized carbons (Fsp3) is 0.389. The number of fused-ring (bicyclic) bond motifs is 1. The molecule has 0 saturated carbocycles. The Morgan fingerprint density at radius 3 is 2.78 bits per heavy atom. The molecule has 0 unspecified atom stereocenters. The molecule has 0 bridgehead atoms. The Balaban J connectivity index is 1.73. The van der Waals surface area contributed by atoms with Crippen LogP contribution in [0.15, 0.2) is 41.6 Å². The summed E-state index contributed by atoms with van der Waals surface area (Å²) < 4.78 is 0. The average molecular weight is 326 g/mol. The summed E-state index contributed by atoms with van der Waals surface area (Å²) in [4.78, 5) is 6.68. The van der Waals surface area contributed by atoms with E-state index in [0.717, 1.165) is 35.8 Å². The normalized spacial score (nSPS) is 16.6. The van der Waals surface area contributed by atoms with Crippen molar-refractivity contribution in [2.75, 3.05) is 13.1 Å². The molecule has 0 amide bonds. The lowest BCUT2D eigenvalue weighted by molar-refractivity contribution is 0.278. The summed E-state index contributed by atoms with van der Waals surface area (Å²) in [5, 5.41) is 7.44. The summed E-state index contributed by atoms with van der Waals surface area (Å²) in [6, 6.07) is 10.2. The van der Waals surface area contributed by atoms with Crippen LogP contribution in [0.1, 0.15) is 32.4 Å². The Bertz CT molecular complexity index is 727. The molecule has 1 N–H and O–H groups in total. The lowest BCUT2D eigenvalue weighted by Crippen LogP contribution is -2.42. The molecule has 0 atom stereocenters. The summed E-state index contributed by atoms with van der Waals surface area (Å²) in [7, 11) is 0. The van der Waals surface area contributed by atoms with E-state index in [9.17, 15) is 0 Å². The number of hydrogen-bond acceptors (Lipinski definition) is 3. The van der Waals surface area contributed by atoms with Crippen molar-refractivity contribution in [2.45, 2.75) is 26.7 Å². The van der Waals surface area contributed by atoms with Gasteiger partial charge in [0.1, 0.15) is 0 Å². The summed E-state index contributed by atoms with van der Waals surface area (Å²) in [5.41, 5.74) is 4.77. The van der Waals surface area contributed by atoms with Gasteiger partial charge in [-0.2, -0.15) is 5.10 Å². The van der Waals surface area contributed by atoms with Gasteiger partial charge in [0.05, 0.1) is 11.4 Å². The minimum atomic E-state index is 0.705. The molecule has 2 heterocycles. The number of pyridine rings is 1. The van der Waals surface area contributed by atoms with Gasteiger partial charge in [0.2, 0.25) is 0 Å². The maximum Gasteiger partial charge on any atom is 0.189 e. The largest absolute Gasteiger partial charge is 0.348 e. The van der Waals surface area contributed by atoms with Crippen molar-refractivity contribution in [3.8, 4) is 0 Å². The van der Waals surface area contributed by atoms with Gasteiger partial charge in [0.15, 0.2) is 5.11 Å². The topological polar surface area (TPSA) is 40.5 Å². The van der Waals surface area contributed by atoms with Gasteiger partial charge in [-0.05, 0) is 49.4 Å². The van der Waals surface area contributed by atoms with Gasteiger partial charge in [-0.1, -0.05) is 31.2 Å². The molecule has 1 aliphatic heterocycles. The number of hydrogen-bond donors (Lipinski definition) is 1. The highest BCUT2D eigenvalue weighted by atomic mass is 32.1. The van der Waals surface area contributed by atoms with Gasteiger partial charge in [0.25, 0.3) is 0 Å². The molecule has 1 aliphatic rings. The Morgan fingerprint density at radius 1 is 1.26 bits per heavy atom. The van der Waals surface area contributed by atoms with Gasteiger partial charge in [-0.15, -0.1) is 0 Å². The van der Waals surface area contributed by atoms with E-state index in [1.54, 1.807) is 0 Å². The van der Waals surface area contributed by atoms with Crippen molar-refractivity contribution in [1.29, 1.82) is 0 Å². The summed E-state index contributed by atoms with van der Waals surface area (Å²) in [6.07, 6.45) is 4.20. The summed E-state index contributed by atoms with van der Waals surface area (Å²) >= 11 is 5.46. The van der Waals surface area contributed by atoms with E-state index in [0.29, 0.717) is 5.11 Å². The number of piperidine rings is 1. The van der Waals surface area contributed by atoms with Crippen LogP contribution in [-0.4, -0.2) is 33.8 Å². The number of rotatable bonds is 2. The zero-order chi connectivity index (χ0) is 16.2. The van der Waals surface area contributed by atoms with Crippen LogP contribution in [0.3, 0.4) is 0 Å². The number of benzene rings is 1. The van der Waals surface area contributed by atoms with Crippen molar-refractivity contribution >= 4 is 33.8 Å². The molecular weight excluding hydrogens is 304 g/mol. The molecule has 1 aromatic carbocycles. The van der Waals surface area contributed by atoms with Gasteiger partial charge < -0.3 is 4.90 Å². The second-order valence-electron chi connectivity index (χ2n) is 6.16. The van der Waals surface area contributed by atoms with Crippen molar-refractivity contribution < 1.29 is 0 Å². The highest BCUT2D eigenvalue weighted by molar-refractivity contribution is 7.80. The molecule has 0 aliphatic carbocycles. The Morgan fingerprint density at radius 2 is 2.00 bits per heavy atom. The van der Waals surface area contributed by atoms with Crippen LogP contribution in [0, 0.1) is 5.92 Å². The average Bonchev–Trinajstić information content (AvgIpc) is 2.59. The minimum absolute atomic E-state index is 0.705. The fourth-order valence-corrected chi connectivity index (χ4v) is 3.10. The molecule has 1 aromatic heterocycles. The third kappa shape index (κ3) is 3.67. The molecule has 0 spiro atoms. The Hall–Kier alpha value is -2.01. The van der Waals surface area contributed by atoms with Crippen molar-refractivity contribution in [3.63, 3.8) is 0 Å². The zero-order valence-electron chi connectivity index (χ0n) is 13.6. The lowest BCUT2D eigenvalue weighted by atomic mass is 10.00. The molecule has 1 saturated heterocycles. The minimum Gasteiger partial charge on any atom is -0.348 e. The molecule has 2 aromatic rings. The van der Waals surface area contributed by atoms with Crippen molar-refractivity contribution in [3.05, 3.63) is 42.2 Å². The Labute approximate surface area is 142 Å². The van der Waals surface area contributed by atoms with Gasteiger partial charge >= 0.3 is 0 Å². The standard InChI is InChI=1S/C18H22N4S/c1-13-8-11-22(12-9-13)18(23)21-20-14(2)17-16-6-4-3-5-15(16)7-10-19-17/h3-7,10,13H,8-9,11-12H2,1-2H3,(H,21,23)/b20-14+. The van der Waals surface area contributed by atoms with Crippen LogP contribution < -0.4 is 5.43 Å². The molecule has 0 radical (unpaired) electrons. The molecule has 23 heavy (non-hydrogen) atoms. The predicted octanol–water partition coefficient (Wildman–Crippen LogP) is 3.57. The van der Waals surface area contributed by atoms with E-state index >= 15 is 0 Å². The monoisotopic (exact) mass is 326 g/mol. The van der Waals surface area contributed by atoms with E-state index in [1.807, 2.05) is 31.3 Å². The molecule has 4 nitrogen and oxygen atoms in total. The number of nitrogens with zero attached hydrogens (tertiary/aromatic N) is 3. The van der Waals surface area contributed by atoms with Crippen LogP contribution in [-0.2, 0) is 0 Å². The van der Waals surface area contributed by atoms with Gasteiger partial charge in [0, 0.05) is 24.7 Å². The first-order valence-corrected chi connectivity index (χ1v) is 8.49. The maximum absolute atomic E-state index is 5.46. The van der Waals surface area contributed by atoms with Gasteiger partial charge in [-0.3, -0.25) is 10.4 Å². The summed E-state index contributed by atoms with van der Waals surface area (Å²) in [5.74, 6) is 0.791. The number of aromatic nitrogens is 1. The Kier molecular flexibility index (Phi) is 4.86. The zero-order valence-corrected chi connectivity index (χ0v) is 14.4. The first-order valence-electron chi connectivity index (χ1n) is 8.08. The third-order valence-electron chi connectivity index (χ3n) is 4.41. The fourth-order valence-electron chi connectivity index (χ4n) is 2.87. The van der Waals surface area contributed by atoms with Crippen molar-refractivity contribution in [2.24, 2.45) is 11.0 Å². The summed E-state index contributed by atoms with van der Waals surface area (Å²) in [6.45, 7) is 6.27. The quantitative estimate of drug-likeness (QED) is 0.520. The first kappa shape index (κ1) is 15.9. The van der Waals surface area contributed by atoms with E-state index in [4.69, 9.17) is 12.2 Å². The number of hydrazone groups is 1. The predicted molar refractivity (Wildman–Crippen MR) is 99.7 cm³/mol. The van der Waals surface area contributed by atoms with Crippen LogP contribution >= 0.6 is 12.2 Å². The van der Waals surface area contributed by atoms with E-state index in [2.05, 4.69) is 39.5 Å². The number of nitrogens with one attached hydrogen (secondary N) is 1. The van der Waals surface area contributed by atoms with Crippen LogP contribution in [0.2, 0.25) is 0 Å². The molecule has 3 rings (SSSR count). The number of likely N-dealkylation sites (tertiary alicyclic amines) is 1. The number of thiocarbonyl (C=S) groups is 1. The lowest BCUT2D eigenvalue weighted by Gasteiger charge is -2.31. The molecule has 120 valence electrons. The SMILES string of the molecule is C/C(=N\NC(=S)N1CCC(C)CC1)c1nccc2ccccc12. The second-order valence-corrected chi connectivity index (χ2v) is 6.55. The highest BCUT2D eigenvalue weighted by Gasteiger charge is 2.17. The van der Waals surface area contributed by atoms with E-state index < -0.39 is 0 Å². The smallest absolute Gasteiger partial charge is 0.189 e. The van der Waals surface area contributed by atoms with Gasteiger partial charge in [-0.25, -0.2) is 0 Å². The second kappa shape index (κ2) is 7.04. The molecule has 5 heteroatoms. The van der Waals surface area contributed by atoms with E-state index in [-0.39, 0.29) is 0 Å². The highest BCUT2D eigenvalue weighted by Crippen LogP contribution is 2.17. The van der Waals surface area contributed by atoms with Crippen LogP contribution in [0.5, 0.6) is 0 Å². The van der Waals surface area contributed by atoms with Crippen molar-refractivity contribution in [1.82, 2.24) is 15.3 Å². The maximum atomic E-state index is 5.46. The molecule has 1 fully saturated rings. The van der Waals surface area contributed by atoms with Crippen LogP contribution in [0.4, 0.5) is 0 Å². The van der Waals surface area contributed by atoms with Crippen LogP contribution in [0.25, 0.3) is 10.8 Å². The van der Waals surface area contributed by atoms with E-state index in [1.165, 1.54) is 18.2 Å². The molecular formula is C18H22N4S. The third-order valence-corrected chi connectivity index (χ3v) is 4.76. The first-order chi connectivity index (χ1) is 11.1.